The van der Waals surface area contributed by atoms with E-state index < -0.39 is 9.04 Å². The van der Waals surface area contributed by atoms with Crippen LogP contribution >= 0.6 is 15.9 Å². The van der Waals surface area contributed by atoms with Gasteiger partial charge in [-0.25, -0.2) is 0 Å². The largest absolute Gasteiger partial charge is 0.412 e. The van der Waals surface area contributed by atoms with E-state index in [2.05, 4.69) is 42.9 Å². The lowest BCUT2D eigenvalue weighted by Gasteiger charge is -2.27. The van der Waals surface area contributed by atoms with Crippen LogP contribution in [0.3, 0.4) is 0 Å². The average Bonchev–Trinajstić information content (AvgIpc) is 1.81. The van der Waals surface area contributed by atoms with Crippen molar-refractivity contribution in [3.63, 3.8) is 0 Å². The smallest absolute Gasteiger partial charge is 0.205 e. The maximum Gasteiger partial charge on any atom is 0.205 e. The van der Waals surface area contributed by atoms with Crippen LogP contribution in [0.2, 0.25) is 13.1 Å². The van der Waals surface area contributed by atoms with Crippen molar-refractivity contribution in [2.24, 2.45) is 0 Å². The van der Waals surface area contributed by atoms with Crippen LogP contribution in [0.5, 0.6) is 0 Å². The van der Waals surface area contributed by atoms with Crippen molar-refractivity contribution in [3.05, 3.63) is 0 Å². The van der Waals surface area contributed by atoms with Gasteiger partial charge in [0.15, 0.2) is 0 Å². The average molecular weight is 238 g/mol. The highest BCUT2D eigenvalue weighted by Crippen LogP contribution is 2.18. The van der Waals surface area contributed by atoms with Crippen LogP contribution in [0.1, 0.15) is 26.7 Å². The highest BCUT2D eigenvalue weighted by molar-refractivity contribution is 9.09. The third kappa shape index (κ3) is 7.03. The fraction of sp³-hybridized carbons (Fsp3) is 1.00. The molecular weight excluding hydrogens is 220 g/mol. The Kier molecular flexibility index (Phi) is 5.65. The number of rotatable bonds is 5. The summed E-state index contributed by atoms with van der Waals surface area (Å²) in [6.07, 6.45) is 2.34. The number of halogens is 1. The molecule has 0 unspecified atom stereocenters. The molecule has 11 heavy (non-hydrogen) atoms. The number of hydrogen-bond donors (Lipinski definition) is 0. The summed E-state index contributed by atoms with van der Waals surface area (Å²) in [5, 5.41) is 1.08. The molecule has 1 radical (unpaired) electrons. The van der Waals surface area contributed by atoms with Gasteiger partial charge in [-0.1, -0.05) is 15.9 Å². The van der Waals surface area contributed by atoms with Gasteiger partial charge >= 0.3 is 0 Å². The second-order valence-electron chi connectivity index (χ2n) is 3.56. The Morgan fingerprint density at radius 3 is 2.27 bits per heavy atom. The first kappa shape index (κ1) is 11.7. The molecule has 0 spiro atoms. The number of hydrogen-bond acceptors (Lipinski definition) is 1. The molecule has 0 aromatic heterocycles. The van der Waals surface area contributed by atoms with Gasteiger partial charge in [0.2, 0.25) is 9.04 Å². The molecule has 0 saturated heterocycles. The van der Waals surface area contributed by atoms with E-state index in [4.69, 9.17) is 4.43 Å². The van der Waals surface area contributed by atoms with Crippen molar-refractivity contribution >= 4 is 25.0 Å². The normalized spacial score (nSPS) is 12.5. The van der Waals surface area contributed by atoms with Crippen LogP contribution < -0.4 is 0 Å². The summed E-state index contributed by atoms with van der Waals surface area (Å²) in [6, 6.07) is 0. The van der Waals surface area contributed by atoms with Crippen LogP contribution in [0.15, 0.2) is 0 Å². The third-order valence-corrected chi connectivity index (χ3v) is 2.91. The van der Waals surface area contributed by atoms with Crippen molar-refractivity contribution in [1.82, 2.24) is 0 Å². The van der Waals surface area contributed by atoms with Gasteiger partial charge in [0.05, 0.1) is 5.60 Å². The molecule has 0 aliphatic carbocycles. The van der Waals surface area contributed by atoms with Gasteiger partial charge in [0.1, 0.15) is 0 Å². The van der Waals surface area contributed by atoms with Crippen LogP contribution in [0.25, 0.3) is 0 Å². The molecule has 0 heterocycles. The molecule has 0 rings (SSSR count). The van der Waals surface area contributed by atoms with Gasteiger partial charge in [0.25, 0.3) is 0 Å². The SMILES string of the molecule is C[Si](C)OC(C)(C)CCCBr. The highest BCUT2D eigenvalue weighted by Gasteiger charge is 2.19. The van der Waals surface area contributed by atoms with E-state index in [1.165, 1.54) is 6.42 Å². The highest BCUT2D eigenvalue weighted by atomic mass is 79.9. The summed E-state index contributed by atoms with van der Waals surface area (Å²) in [4.78, 5) is 0. The maximum atomic E-state index is 5.82. The van der Waals surface area contributed by atoms with Crippen LogP contribution in [-0.2, 0) is 4.43 Å². The minimum atomic E-state index is -0.537. The Morgan fingerprint density at radius 1 is 1.36 bits per heavy atom. The summed E-state index contributed by atoms with van der Waals surface area (Å²) in [7, 11) is -0.537. The van der Waals surface area contributed by atoms with E-state index in [1.807, 2.05) is 0 Å². The molecule has 0 N–H and O–H groups in total. The first-order valence-corrected chi connectivity index (χ1v) is 7.56. The summed E-state index contributed by atoms with van der Waals surface area (Å²) in [5.41, 5.74) is 0.0889. The molecule has 0 aromatic carbocycles. The molecule has 0 fully saturated rings. The van der Waals surface area contributed by atoms with Crippen molar-refractivity contribution in [3.8, 4) is 0 Å². The first-order valence-electron chi connectivity index (χ1n) is 4.03. The van der Waals surface area contributed by atoms with Gasteiger partial charge in [0, 0.05) is 5.33 Å². The standard InChI is InChI=1S/C8H18BrOSi/c1-8(2,6-5-7-9)10-11(3)4/h5-7H2,1-4H3. The van der Waals surface area contributed by atoms with Crippen molar-refractivity contribution < 1.29 is 4.43 Å². The zero-order valence-electron chi connectivity index (χ0n) is 7.91. The minimum Gasteiger partial charge on any atom is -0.412 e. The zero-order valence-corrected chi connectivity index (χ0v) is 10.5. The quantitative estimate of drug-likeness (QED) is 0.528. The second-order valence-corrected chi connectivity index (χ2v) is 6.38. The van der Waals surface area contributed by atoms with Crippen molar-refractivity contribution in [2.75, 3.05) is 5.33 Å². The third-order valence-electron chi connectivity index (χ3n) is 1.39. The van der Waals surface area contributed by atoms with Crippen LogP contribution in [-0.4, -0.2) is 20.0 Å². The molecule has 3 heteroatoms. The van der Waals surface area contributed by atoms with Gasteiger partial charge < -0.3 is 4.43 Å². The molecule has 0 aromatic rings. The lowest BCUT2D eigenvalue weighted by atomic mass is 10.0. The summed E-state index contributed by atoms with van der Waals surface area (Å²) < 4.78 is 5.82. The maximum absolute atomic E-state index is 5.82. The lowest BCUT2D eigenvalue weighted by Crippen LogP contribution is -2.30. The Morgan fingerprint density at radius 2 is 1.91 bits per heavy atom. The van der Waals surface area contributed by atoms with Gasteiger partial charge in [-0.3, -0.25) is 0 Å². The summed E-state index contributed by atoms with van der Waals surface area (Å²) in [5.74, 6) is 0. The predicted octanol–water partition coefficient (Wildman–Crippen LogP) is 3.21. The molecular formula is C8H18BrOSi. The number of alkyl halides is 1. The van der Waals surface area contributed by atoms with E-state index in [9.17, 15) is 0 Å². The van der Waals surface area contributed by atoms with E-state index in [0.29, 0.717) is 0 Å². The Labute approximate surface area is 80.4 Å². The summed E-state index contributed by atoms with van der Waals surface area (Å²) in [6.45, 7) is 8.71. The fourth-order valence-corrected chi connectivity index (χ4v) is 2.58. The first-order chi connectivity index (χ1) is 4.98. The van der Waals surface area contributed by atoms with Crippen LogP contribution in [0, 0.1) is 0 Å². The van der Waals surface area contributed by atoms with Gasteiger partial charge in [-0.2, -0.15) is 0 Å². The van der Waals surface area contributed by atoms with E-state index in [1.54, 1.807) is 0 Å². The second kappa shape index (κ2) is 5.33. The van der Waals surface area contributed by atoms with Crippen LogP contribution in [0.4, 0.5) is 0 Å². The molecule has 0 aliphatic rings. The van der Waals surface area contributed by atoms with E-state index in [0.717, 1.165) is 11.8 Å². The monoisotopic (exact) mass is 237 g/mol. The molecule has 1 nitrogen and oxygen atoms in total. The van der Waals surface area contributed by atoms with Gasteiger partial charge in [-0.05, 0) is 39.8 Å². The molecule has 0 atom stereocenters. The molecule has 0 amide bonds. The van der Waals surface area contributed by atoms with Gasteiger partial charge in [-0.15, -0.1) is 0 Å². The summed E-state index contributed by atoms with van der Waals surface area (Å²) >= 11 is 3.42. The fourth-order valence-electron chi connectivity index (χ4n) is 1.10. The Hall–Kier alpha value is 0.657. The molecule has 67 valence electrons. The van der Waals surface area contributed by atoms with E-state index >= 15 is 0 Å². The lowest BCUT2D eigenvalue weighted by molar-refractivity contribution is 0.0991. The zero-order chi connectivity index (χ0) is 8.91. The van der Waals surface area contributed by atoms with Crippen molar-refractivity contribution in [2.45, 2.75) is 45.4 Å². The molecule has 0 bridgehead atoms. The Bertz CT molecular complexity index is 104. The van der Waals surface area contributed by atoms with E-state index in [-0.39, 0.29) is 5.60 Å². The topological polar surface area (TPSA) is 9.23 Å². The molecule has 0 aliphatic heterocycles. The minimum absolute atomic E-state index is 0.0889. The predicted molar refractivity (Wildman–Crippen MR) is 55.7 cm³/mol. The molecule has 0 saturated carbocycles. The Balaban J connectivity index is 3.61. The van der Waals surface area contributed by atoms with Crippen molar-refractivity contribution in [1.29, 1.82) is 0 Å².